The second kappa shape index (κ2) is 5.23. The molecule has 18 heavy (non-hydrogen) atoms. The summed E-state index contributed by atoms with van der Waals surface area (Å²) in [4.78, 5) is 6.56. The molecule has 1 aromatic rings. The standard InChI is InChI=1S/C13H19N5/c1-9-8-18(2)4-3-12(9)17-13-11(15)5-10(6-14)7-16-13/h5,7,9,12H,3-4,8,15H2,1-2H3,(H,16,17). The van der Waals surface area contributed by atoms with E-state index in [1.165, 1.54) is 0 Å². The van der Waals surface area contributed by atoms with Gasteiger partial charge in [0.05, 0.1) is 11.3 Å². The van der Waals surface area contributed by atoms with E-state index in [2.05, 4.69) is 29.2 Å². The normalized spacial score (nSPS) is 24.5. The molecule has 2 heterocycles. The van der Waals surface area contributed by atoms with E-state index in [1.807, 2.05) is 6.07 Å². The third-order valence-electron chi connectivity index (χ3n) is 3.48. The average Bonchev–Trinajstić information content (AvgIpc) is 2.34. The number of nitrogens with two attached hydrogens (primary N) is 1. The minimum atomic E-state index is 0.393. The third-order valence-corrected chi connectivity index (χ3v) is 3.48. The van der Waals surface area contributed by atoms with Gasteiger partial charge < -0.3 is 16.0 Å². The Hall–Kier alpha value is -1.80. The maximum Gasteiger partial charge on any atom is 0.149 e. The van der Waals surface area contributed by atoms with Crippen LogP contribution in [0.2, 0.25) is 0 Å². The SMILES string of the molecule is CC1CN(C)CCC1Nc1ncc(C#N)cc1N. The number of piperidine rings is 1. The van der Waals surface area contributed by atoms with Crippen LogP contribution in [0.5, 0.6) is 0 Å². The van der Waals surface area contributed by atoms with E-state index in [9.17, 15) is 0 Å². The van der Waals surface area contributed by atoms with Crippen LogP contribution < -0.4 is 11.1 Å². The van der Waals surface area contributed by atoms with E-state index < -0.39 is 0 Å². The van der Waals surface area contributed by atoms with Gasteiger partial charge in [0.1, 0.15) is 11.9 Å². The number of nitrogens with one attached hydrogen (secondary N) is 1. The number of nitrogens with zero attached hydrogens (tertiary/aromatic N) is 3. The topological polar surface area (TPSA) is 78.0 Å². The Morgan fingerprint density at radius 1 is 1.61 bits per heavy atom. The Balaban J connectivity index is 2.08. The van der Waals surface area contributed by atoms with Crippen molar-refractivity contribution in [1.82, 2.24) is 9.88 Å². The number of anilines is 2. The molecule has 0 saturated carbocycles. The van der Waals surface area contributed by atoms with Gasteiger partial charge in [-0.25, -0.2) is 4.98 Å². The summed E-state index contributed by atoms with van der Waals surface area (Å²) < 4.78 is 0. The molecule has 1 saturated heterocycles. The van der Waals surface area contributed by atoms with Gasteiger partial charge in [0.25, 0.3) is 0 Å². The molecule has 3 N–H and O–H groups in total. The zero-order valence-corrected chi connectivity index (χ0v) is 10.8. The first kappa shape index (κ1) is 12.7. The van der Waals surface area contributed by atoms with Crippen LogP contribution in [-0.2, 0) is 0 Å². The molecule has 5 nitrogen and oxygen atoms in total. The fourth-order valence-electron chi connectivity index (χ4n) is 2.41. The van der Waals surface area contributed by atoms with Gasteiger partial charge >= 0.3 is 0 Å². The Morgan fingerprint density at radius 2 is 2.39 bits per heavy atom. The van der Waals surface area contributed by atoms with Crippen molar-refractivity contribution in [2.45, 2.75) is 19.4 Å². The molecule has 1 aliphatic heterocycles. The summed E-state index contributed by atoms with van der Waals surface area (Å²) in [5.74, 6) is 1.25. The lowest BCUT2D eigenvalue weighted by Crippen LogP contribution is -2.43. The highest BCUT2D eigenvalue weighted by Gasteiger charge is 2.24. The molecule has 2 atom stereocenters. The van der Waals surface area contributed by atoms with E-state index in [1.54, 1.807) is 12.3 Å². The number of aromatic nitrogens is 1. The van der Waals surface area contributed by atoms with Gasteiger partial charge in [0, 0.05) is 18.8 Å². The molecule has 1 aromatic heterocycles. The summed E-state index contributed by atoms with van der Waals surface area (Å²) in [6, 6.07) is 4.09. The number of pyridine rings is 1. The monoisotopic (exact) mass is 245 g/mol. The lowest BCUT2D eigenvalue weighted by molar-refractivity contribution is 0.206. The molecule has 2 unspecified atom stereocenters. The Kier molecular flexibility index (Phi) is 3.68. The zero-order valence-electron chi connectivity index (χ0n) is 10.8. The van der Waals surface area contributed by atoms with Crippen LogP contribution in [0.4, 0.5) is 11.5 Å². The van der Waals surface area contributed by atoms with Crippen molar-refractivity contribution in [2.24, 2.45) is 5.92 Å². The average molecular weight is 245 g/mol. The lowest BCUT2D eigenvalue weighted by atomic mass is 9.94. The van der Waals surface area contributed by atoms with Crippen molar-refractivity contribution in [2.75, 3.05) is 31.2 Å². The van der Waals surface area contributed by atoms with Gasteiger partial charge in [0.2, 0.25) is 0 Å². The van der Waals surface area contributed by atoms with Crippen LogP contribution in [0.1, 0.15) is 18.9 Å². The highest BCUT2D eigenvalue weighted by Crippen LogP contribution is 2.23. The highest BCUT2D eigenvalue weighted by molar-refractivity contribution is 5.63. The molecule has 96 valence electrons. The molecule has 0 bridgehead atoms. The Morgan fingerprint density at radius 3 is 3.00 bits per heavy atom. The second-order valence-corrected chi connectivity index (χ2v) is 5.05. The minimum absolute atomic E-state index is 0.393. The van der Waals surface area contributed by atoms with Crippen molar-refractivity contribution >= 4 is 11.5 Å². The summed E-state index contributed by atoms with van der Waals surface area (Å²) in [7, 11) is 2.14. The summed E-state index contributed by atoms with van der Waals surface area (Å²) in [5, 5.41) is 12.2. The van der Waals surface area contributed by atoms with Crippen LogP contribution in [0.25, 0.3) is 0 Å². The zero-order chi connectivity index (χ0) is 13.1. The van der Waals surface area contributed by atoms with Crippen LogP contribution >= 0.6 is 0 Å². The van der Waals surface area contributed by atoms with Crippen LogP contribution in [0, 0.1) is 17.2 Å². The lowest BCUT2D eigenvalue weighted by Gasteiger charge is -2.35. The van der Waals surface area contributed by atoms with Gasteiger partial charge in [-0.3, -0.25) is 0 Å². The smallest absolute Gasteiger partial charge is 0.149 e. The summed E-state index contributed by atoms with van der Waals surface area (Å²) in [6.07, 6.45) is 2.64. The van der Waals surface area contributed by atoms with Gasteiger partial charge in [-0.1, -0.05) is 6.92 Å². The molecule has 0 aliphatic carbocycles. The first-order valence-electron chi connectivity index (χ1n) is 6.21. The number of nitriles is 1. The molecule has 0 aromatic carbocycles. The van der Waals surface area contributed by atoms with E-state index in [0.29, 0.717) is 29.0 Å². The Bertz CT molecular complexity index is 465. The van der Waals surface area contributed by atoms with E-state index >= 15 is 0 Å². The minimum Gasteiger partial charge on any atom is -0.396 e. The summed E-state index contributed by atoms with van der Waals surface area (Å²) >= 11 is 0. The quantitative estimate of drug-likeness (QED) is 0.821. The molecule has 0 amide bonds. The van der Waals surface area contributed by atoms with Gasteiger partial charge in [0.15, 0.2) is 0 Å². The van der Waals surface area contributed by atoms with Crippen LogP contribution in [0.15, 0.2) is 12.3 Å². The summed E-state index contributed by atoms with van der Waals surface area (Å²) in [6.45, 7) is 4.39. The van der Waals surface area contributed by atoms with Gasteiger partial charge in [-0.05, 0) is 32.0 Å². The number of likely N-dealkylation sites (tertiary alicyclic amines) is 1. The van der Waals surface area contributed by atoms with Crippen molar-refractivity contribution in [3.05, 3.63) is 17.8 Å². The molecular weight excluding hydrogens is 226 g/mol. The van der Waals surface area contributed by atoms with E-state index in [-0.39, 0.29) is 0 Å². The van der Waals surface area contributed by atoms with Crippen molar-refractivity contribution in [3.8, 4) is 6.07 Å². The molecule has 1 fully saturated rings. The largest absolute Gasteiger partial charge is 0.396 e. The van der Waals surface area contributed by atoms with Crippen molar-refractivity contribution in [1.29, 1.82) is 5.26 Å². The Labute approximate surface area is 108 Å². The fraction of sp³-hybridized carbons (Fsp3) is 0.538. The predicted molar refractivity (Wildman–Crippen MR) is 72.1 cm³/mol. The van der Waals surface area contributed by atoms with E-state index in [4.69, 9.17) is 11.0 Å². The first-order valence-corrected chi connectivity index (χ1v) is 6.21. The molecule has 2 rings (SSSR count). The second-order valence-electron chi connectivity index (χ2n) is 5.05. The molecule has 1 aliphatic rings. The van der Waals surface area contributed by atoms with Crippen LogP contribution in [-0.4, -0.2) is 36.1 Å². The molecule has 5 heteroatoms. The van der Waals surface area contributed by atoms with Gasteiger partial charge in [-0.15, -0.1) is 0 Å². The number of hydrogen-bond donors (Lipinski definition) is 2. The fourth-order valence-corrected chi connectivity index (χ4v) is 2.41. The number of rotatable bonds is 2. The number of nitrogen functional groups attached to an aromatic ring is 1. The molecule has 0 radical (unpaired) electrons. The predicted octanol–water partition coefficient (Wildman–Crippen LogP) is 1.29. The third kappa shape index (κ3) is 2.71. The summed E-state index contributed by atoms with van der Waals surface area (Å²) in [5.41, 5.74) is 6.94. The maximum atomic E-state index is 8.77. The first-order chi connectivity index (χ1) is 8.60. The van der Waals surface area contributed by atoms with Gasteiger partial charge in [-0.2, -0.15) is 5.26 Å². The van der Waals surface area contributed by atoms with Crippen molar-refractivity contribution < 1.29 is 0 Å². The van der Waals surface area contributed by atoms with Crippen LogP contribution in [0.3, 0.4) is 0 Å². The molecule has 0 spiro atoms. The van der Waals surface area contributed by atoms with Crippen molar-refractivity contribution in [3.63, 3.8) is 0 Å². The van der Waals surface area contributed by atoms with E-state index in [0.717, 1.165) is 19.5 Å². The number of hydrogen-bond acceptors (Lipinski definition) is 5. The highest BCUT2D eigenvalue weighted by atomic mass is 15.1. The maximum absolute atomic E-state index is 8.77. The molecular formula is C13H19N5.